The maximum Gasteiger partial charge on any atom is -0.0167 e. The zero-order valence-corrected chi connectivity index (χ0v) is 10.9. The van der Waals surface area contributed by atoms with Gasteiger partial charge in [-0.05, 0) is 44.7 Å². The molecule has 3 atom stereocenters. The minimum atomic E-state index is 1.09. The van der Waals surface area contributed by atoms with Gasteiger partial charge in [-0.1, -0.05) is 45.4 Å². The van der Waals surface area contributed by atoms with E-state index in [1.54, 1.807) is 25.7 Å². The molecule has 1 nitrogen and oxygen atoms in total. The molecule has 15 heavy (non-hydrogen) atoms. The molecule has 0 amide bonds. The first kappa shape index (κ1) is 13.0. The summed E-state index contributed by atoms with van der Waals surface area (Å²) in [5, 5.41) is 2.75. The van der Waals surface area contributed by atoms with Crippen molar-refractivity contribution in [2.45, 2.75) is 58.3 Å². The monoisotopic (exact) mass is 211 g/mol. The maximum absolute atomic E-state index is 2.75. The fraction of sp³-hybridized carbons (Fsp3) is 1.00. The standard InChI is InChI=1S/C12H22.C2H7N/c1-2-10-7-8-11-5-3-4-6-12(11)9-10;1-3-2/h10-12H,2-9H2,1H3;3H,1-2H3. The molecule has 90 valence electrons. The zero-order valence-electron chi connectivity index (χ0n) is 10.9. The summed E-state index contributed by atoms with van der Waals surface area (Å²) in [6.45, 7) is 2.37. The molecular formula is C14H29N. The van der Waals surface area contributed by atoms with Gasteiger partial charge < -0.3 is 5.32 Å². The molecule has 0 radical (unpaired) electrons. The van der Waals surface area contributed by atoms with Gasteiger partial charge in [0.25, 0.3) is 0 Å². The third-order valence-electron chi connectivity index (χ3n) is 4.23. The Hall–Kier alpha value is -0.0400. The van der Waals surface area contributed by atoms with E-state index < -0.39 is 0 Å². The number of fused-ring (bicyclic) bond motifs is 1. The van der Waals surface area contributed by atoms with E-state index in [1.165, 1.54) is 25.7 Å². The molecule has 0 heterocycles. The smallest absolute Gasteiger partial charge is 0.0167 e. The van der Waals surface area contributed by atoms with Crippen LogP contribution in [0.15, 0.2) is 0 Å². The summed E-state index contributed by atoms with van der Waals surface area (Å²) in [6, 6.07) is 0. The molecule has 0 aromatic rings. The second-order valence-electron chi connectivity index (χ2n) is 5.39. The van der Waals surface area contributed by atoms with Crippen LogP contribution in [0.4, 0.5) is 0 Å². The Morgan fingerprint density at radius 3 is 2.13 bits per heavy atom. The number of hydrogen-bond donors (Lipinski definition) is 1. The lowest BCUT2D eigenvalue weighted by Gasteiger charge is -2.39. The average Bonchev–Trinajstić information content (AvgIpc) is 2.29. The Balaban J connectivity index is 0.000000337. The van der Waals surface area contributed by atoms with Gasteiger partial charge in [0.05, 0.1) is 0 Å². The van der Waals surface area contributed by atoms with Crippen LogP contribution < -0.4 is 5.32 Å². The third kappa shape index (κ3) is 4.14. The Morgan fingerprint density at radius 2 is 1.53 bits per heavy atom. The summed E-state index contributed by atoms with van der Waals surface area (Å²) in [7, 11) is 3.75. The molecule has 0 bridgehead atoms. The maximum atomic E-state index is 2.75. The lowest BCUT2D eigenvalue weighted by atomic mass is 9.67. The summed E-state index contributed by atoms with van der Waals surface area (Å²) in [6.07, 6.45) is 12.3. The average molecular weight is 211 g/mol. The van der Waals surface area contributed by atoms with Crippen molar-refractivity contribution < 1.29 is 0 Å². The first-order valence-corrected chi connectivity index (χ1v) is 6.90. The van der Waals surface area contributed by atoms with E-state index in [-0.39, 0.29) is 0 Å². The predicted octanol–water partition coefficient (Wildman–Crippen LogP) is 3.84. The van der Waals surface area contributed by atoms with Gasteiger partial charge in [-0.3, -0.25) is 0 Å². The van der Waals surface area contributed by atoms with Crippen molar-refractivity contribution in [2.75, 3.05) is 14.1 Å². The SMILES string of the molecule is CCC1CCC2CCCCC2C1.CNC. The van der Waals surface area contributed by atoms with Crippen LogP contribution in [0.2, 0.25) is 0 Å². The van der Waals surface area contributed by atoms with Crippen LogP contribution >= 0.6 is 0 Å². The summed E-state index contributed by atoms with van der Waals surface area (Å²) >= 11 is 0. The minimum Gasteiger partial charge on any atom is -0.323 e. The quantitative estimate of drug-likeness (QED) is 0.695. The summed E-state index contributed by atoms with van der Waals surface area (Å²) < 4.78 is 0. The lowest BCUT2D eigenvalue weighted by molar-refractivity contribution is 0.128. The largest absolute Gasteiger partial charge is 0.323 e. The Kier molecular flexibility index (Phi) is 6.31. The van der Waals surface area contributed by atoms with Gasteiger partial charge in [0.1, 0.15) is 0 Å². The Morgan fingerprint density at radius 1 is 0.933 bits per heavy atom. The van der Waals surface area contributed by atoms with Crippen molar-refractivity contribution >= 4 is 0 Å². The van der Waals surface area contributed by atoms with Crippen LogP contribution in [-0.4, -0.2) is 14.1 Å². The van der Waals surface area contributed by atoms with Crippen LogP contribution in [0.3, 0.4) is 0 Å². The van der Waals surface area contributed by atoms with Gasteiger partial charge in [-0.15, -0.1) is 0 Å². The van der Waals surface area contributed by atoms with Gasteiger partial charge in [-0.2, -0.15) is 0 Å². The van der Waals surface area contributed by atoms with Gasteiger partial charge in [0, 0.05) is 0 Å². The topological polar surface area (TPSA) is 12.0 Å². The van der Waals surface area contributed by atoms with E-state index in [4.69, 9.17) is 0 Å². The highest BCUT2D eigenvalue weighted by atomic mass is 14.7. The predicted molar refractivity (Wildman–Crippen MR) is 68.1 cm³/mol. The highest BCUT2D eigenvalue weighted by molar-refractivity contribution is 4.82. The van der Waals surface area contributed by atoms with E-state index in [2.05, 4.69) is 12.2 Å². The van der Waals surface area contributed by atoms with Crippen molar-refractivity contribution in [1.82, 2.24) is 5.32 Å². The van der Waals surface area contributed by atoms with Crippen molar-refractivity contribution in [1.29, 1.82) is 0 Å². The van der Waals surface area contributed by atoms with Crippen molar-refractivity contribution in [2.24, 2.45) is 17.8 Å². The van der Waals surface area contributed by atoms with Gasteiger partial charge in [-0.25, -0.2) is 0 Å². The molecule has 0 saturated heterocycles. The Labute approximate surface area is 96.0 Å². The first-order chi connectivity index (χ1) is 7.31. The molecule has 0 aromatic carbocycles. The van der Waals surface area contributed by atoms with Crippen LogP contribution in [0.5, 0.6) is 0 Å². The first-order valence-electron chi connectivity index (χ1n) is 6.90. The summed E-state index contributed by atoms with van der Waals surface area (Å²) in [5.41, 5.74) is 0. The number of nitrogens with one attached hydrogen (secondary N) is 1. The molecule has 2 aliphatic carbocycles. The highest BCUT2D eigenvalue weighted by Crippen LogP contribution is 2.43. The summed E-state index contributed by atoms with van der Waals surface area (Å²) in [5.74, 6) is 3.36. The van der Waals surface area contributed by atoms with Gasteiger partial charge in [0.15, 0.2) is 0 Å². The molecule has 2 aliphatic rings. The second kappa shape index (κ2) is 7.27. The molecule has 0 aliphatic heterocycles. The fourth-order valence-electron chi connectivity index (χ4n) is 3.34. The van der Waals surface area contributed by atoms with Crippen molar-refractivity contribution in [3.05, 3.63) is 0 Å². The van der Waals surface area contributed by atoms with E-state index in [1.807, 2.05) is 14.1 Å². The molecular weight excluding hydrogens is 182 g/mol. The molecule has 2 fully saturated rings. The third-order valence-corrected chi connectivity index (χ3v) is 4.23. The number of rotatable bonds is 1. The molecule has 0 aromatic heterocycles. The number of hydrogen-bond acceptors (Lipinski definition) is 1. The van der Waals surface area contributed by atoms with E-state index in [0.717, 1.165) is 17.8 Å². The lowest BCUT2D eigenvalue weighted by Crippen LogP contribution is -2.27. The normalized spacial score (nSPS) is 35.0. The van der Waals surface area contributed by atoms with E-state index in [0.29, 0.717) is 0 Å². The zero-order chi connectivity index (χ0) is 11.1. The summed E-state index contributed by atoms with van der Waals surface area (Å²) in [4.78, 5) is 0. The van der Waals surface area contributed by atoms with Crippen molar-refractivity contribution in [3.63, 3.8) is 0 Å². The molecule has 0 spiro atoms. The minimum absolute atomic E-state index is 1.09. The fourth-order valence-corrected chi connectivity index (χ4v) is 3.34. The van der Waals surface area contributed by atoms with E-state index >= 15 is 0 Å². The molecule has 2 rings (SSSR count). The van der Waals surface area contributed by atoms with Crippen LogP contribution in [0, 0.1) is 17.8 Å². The van der Waals surface area contributed by atoms with Crippen molar-refractivity contribution in [3.8, 4) is 0 Å². The highest BCUT2D eigenvalue weighted by Gasteiger charge is 2.30. The van der Waals surface area contributed by atoms with Crippen LogP contribution in [-0.2, 0) is 0 Å². The molecule has 2 saturated carbocycles. The van der Waals surface area contributed by atoms with E-state index in [9.17, 15) is 0 Å². The molecule has 3 unspecified atom stereocenters. The van der Waals surface area contributed by atoms with Crippen LogP contribution in [0.1, 0.15) is 58.3 Å². The van der Waals surface area contributed by atoms with Gasteiger partial charge in [0.2, 0.25) is 0 Å². The van der Waals surface area contributed by atoms with Crippen LogP contribution in [0.25, 0.3) is 0 Å². The van der Waals surface area contributed by atoms with Gasteiger partial charge >= 0.3 is 0 Å². The Bertz CT molecular complexity index is 155. The molecule has 1 N–H and O–H groups in total. The molecule has 1 heteroatoms. The second-order valence-corrected chi connectivity index (χ2v) is 5.39.